The first-order valence-corrected chi connectivity index (χ1v) is 17.9. The Morgan fingerprint density at radius 1 is 0.956 bits per heavy atom. The van der Waals surface area contributed by atoms with Gasteiger partial charge in [-0.2, -0.15) is 4.98 Å². The number of rotatable bonds is 7. The number of piperazine rings is 1. The highest BCUT2D eigenvalue weighted by Crippen LogP contribution is 2.37. The molecule has 1 saturated heterocycles. The number of halogens is 1. The van der Waals surface area contributed by atoms with Crippen molar-refractivity contribution in [1.29, 1.82) is 0 Å². The van der Waals surface area contributed by atoms with Crippen LogP contribution in [0.4, 0.5) is 19.8 Å². The third kappa shape index (κ3) is 9.36. The van der Waals surface area contributed by atoms with E-state index in [4.69, 9.17) is 9.16 Å². The molecule has 1 fully saturated rings. The molecule has 14 heteroatoms. The van der Waals surface area contributed by atoms with E-state index in [0.29, 0.717) is 11.3 Å². The Morgan fingerprint density at radius 2 is 1.56 bits per heavy atom. The number of nitrogens with zero attached hydrogens (tertiary/aromatic N) is 4. The van der Waals surface area contributed by atoms with Crippen LogP contribution in [0.15, 0.2) is 35.3 Å². The molecule has 0 atom stereocenters. The molecule has 12 nitrogen and oxygen atoms in total. The number of alkyl carbamates (subject to hydrolysis) is 1. The molecular weight excluding hydrogens is 599 g/mol. The van der Waals surface area contributed by atoms with Crippen molar-refractivity contribution in [3.63, 3.8) is 0 Å². The summed E-state index contributed by atoms with van der Waals surface area (Å²) in [6, 6.07) is 5.46. The van der Waals surface area contributed by atoms with Gasteiger partial charge in [-0.3, -0.25) is 14.7 Å². The van der Waals surface area contributed by atoms with Crippen molar-refractivity contribution in [3.8, 4) is 5.69 Å². The minimum absolute atomic E-state index is 0.00761. The summed E-state index contributed by atoms with van der Waals surface area (Å²) < 4.78 is 27.5. The topological polar surface area (TPSA) is 135 Å². The third-order valence-corrected chi connectivity index (χ3v) is 12.4. The number of carbonyl (C=O) groups is 3. The number of hydrogen-bond acceptors (Lipinski definition) is 7. The van der Waals surface area contributed by atoms with E-state index >= 15 is 0 Å². The highest BCUT2D eigenvalue weighted by Gasteiger charge is 2.38. The Balaban J connectivity index is 1.57. The largest absolute Gasteiger partial charge is 0.444 e. The number of aromatic nitrogens is 2. The van der Waals surface area contributed by atoms with E-state index in [9.17, 15) is 23.6 Å². The lowest BCUT2D eigenvalue weighted by molar-refractivity contribution is -0.138. The van der Waals surface area contributed by atoms with Crippen LogP contribution in [-0.2, 0) is 20.6 Å². The average Bonchev–Trinajstić information content (AvgIpc) is 2.90. The molecule has 0 bridgehead atoms. The third-order valence-electron chi connectivity index (χ3n) is 7.95. The number of nitrogens with one attached hydrogen (secondary N) is 2. The van der Waals surface area contributed by atoms with E-state index in [0.717, 1.165) is 0 Å². The van der Waals surface area contributed by atoms with E-state index in [1.807, 2.05) is 0 Å². The second-order valence-electron chi connectivity index (χ2n) is 14.3. The molecule has 0 saturated carbocycles. The van der Waals surface area contributed by atoms with Crippen LogP contribution in [0.1, 0.15) is 61.0 Å². The van der Waals surface area contributed by atoms with E-state index in [-0.39, 0.29) is 49.5 Å². The van der Waals surface area contributed by atoms with E-state index in [1.165, 1.54) is 27.8 Å². The number of benzene rings is 1. The maximum absolute atomic E-state index is 14.9. The zero-order valence-corrected chi connectivity index (χ0v) is 29.0. The van der Waals surface area contributed by atoms with Gasteiger partial charge in [0.05, 0.1) is 12.3 Å². The van der Waals surface area contributed by atoms with Gasteiger partial charge in [-0.15, -0.1) is 0 Å². The molecule has 4 amide bonds. The fourth-order valence-corrected chi connectivity index (χ4v) is 5.21. The van der Waals surface area contributed by atoms with Crippen LogP contribution in [0.5, 0.6) is 0 Å². The quantitative estimate of drug-likeness (QED) is 0.410. The minimum Gasteiger partial charge on any atom is -0.444 e. The summed E-state index contributed by atoms with van der Waals surface area (Å²) in [5.74, 6) is -0.745. The van der Waals surface area contributed by atoms with Gasteiger partial charge >= 0.3 is 17.8 Å². The molecule has 2 aromatic rings. The average molecular weight is 647 g/mol. The molecular formula is C31H47FN6O6Si. The van der Waals surface area contributed by atoms with Gasteiger partial charge in [0.1, 0.15) is 22.8 Å². The van der Waals surface area contributed by atoms with Gasteiger partial charge in [0.15, 0.2) is 8.32 Å². The first kappa shape index (κ1) is 35.7. The lowest BCUT2D eigenvalue weighted by Gasteiger charge is -2.38. The van der Waals surface area contributed by atoms with E-state index in [1.54, 1.807) is 51.7 Å². The van der Waals surface area contributed by atoms with Gasteiger partial charge in [0.25, 0.3) is 0 Å². The Morgan fingerprint density at radius 3 is 2.09 bits per heavy atom. The highest BCUT2D eigenvalue weighted by atomic mass is 28.4. The smallest absolute Gasteiger partial charge is 0.408 e. The first-order valence-electron chi connectivity index (χ1n) is 15.0. The van der Waals surface area contributed by atoms with Crippen LogP contribution in [-0.4, -0.2) is 83.0 Å². The van der Waals surface area contributed by atoms with Crippen molar-refractivity contribution in [3.05, 3.63) is 52.3 Å². The highest BCUT2D eigenvalue weighted by molar-refractivity contribution is 6.74. The van der Waals surface area contributed by atoms with Gasteiger partial charge in [-0.25, -0.2) is 18.8 Å². The van der Waals surface area contributed by atoms with E-state index in [2.05, 4.69) is 49.5 Å². The summed E-state index contributed by atoms with van der Waals surface area (Å²) in [7, 11) is -2.06. The Bertz CT molecular complexity index is 1470. The molecule has 3 rings (SSSR count). The molecule has 2 heterocycles. The maximum atomic E-state index is 14.9. The number of anilines is 1. The molecule has 2 N–H and O–H groups in total. The number of carbonyl (C=O) groups excluding carboxylic acids is 3. The van der Waals surface area contributed by atoms with Crippen LogP contribution < -0.4 is 16.3 Å². The number of hydrogen-bond donors (Lipinski definition) is 2. The summed E-state index contributed by atoms with van der Waals surface area (Å²) in [5, 5.41) is 5.22. The van der Waals surface area contributed by atoms with Crippen molar-refractivity contribution >= 4 is 32.2 Å². The second-order valence-corrected chi connectivity index (χ2v) is 19.1. The lowest BCUT2D eigenvalue weighted by atomic mass is 10.0. The van der Waals surface area contributed by atoms with Gasteiger partial charge in [-0.05, 0) is 71.0 Å². The normalized spacial score (nSPS) is 14.6. The Hall–Kier alpha value is -3.78. The molecule has 248 valence electrons. The van der Waals surface area contributed by atoms with Crippen LogP contribution in [0.25, 0.3) is 5.69 Å². The maximum Gasteiger partial charge on any atom is 0.408 e. The molecule has 45 heavy (non-hydrogen) atoms. The molecule has 1 aromatic carbocycles. The van der Waals surface area contributed by atoms with Gasteiger partial charge in [0, 0.05) is 37.9 Å². The summed E-state index contributed by atoms with van der Waals surface area (Å²) in [4.78, 5) is 58.0. The van der Waals surface area contributed by atoms with Gasteiger partial charge in [-0.1, -0.05) is 26.8 Å². The summed E-state index contributed by atoms with van der Waals surface area (Å²) in [5.41, 5.74) is -1.90. The molecule has 0 radical (unpaired) electrons. The van der Waals surface area contributed by atoms with Gasteiger partial charge in [0.2, 0.25) is 5.91 Å². The second kappa shape index (κ2) is 13.3. The van der Waals surface area contributed by atoms with E-state index < -0.39 is 43.1 Å². The molecule has 1 aromatic heterocycles. The molecule has 0 aliphatic carbocycles. The minimum atomic E-state index is -2.06. The molecule has 0 spiro atoms. The Labute approximate surface area is 265 Å². The molecule has 1 aliphatic rings. The van der Waals surface area contributed by atoms with Crippen LogP contribution in [0.3, 0.4) is 0 Å². The summed E-state index contributed by atoms with van der Waals surface area (Å²) >= 11 is 0. The fraction of sp³-hybridized carbons (Fsp3) is 0.581. The zero-order valence-electron chi connectivity index (χ0n) is 28.0. The predicted molar refractivity (Wildman–Crippen MR) is 172 cm³/mol. The van der Waals surface area contributed by atoms with Crippen molar-refractivity contribution < 1.29 is 27.9 Å². The van der Waals surface area contributed by atoms with Gasteiger partial charge < -0.3 is 24.3 Å². The number of ether oxygens (including phenoxy) is 1. The summed E-state index contributed by atoms with van der Waals surface area (Å²) in [6.45, 7) is 20.1. The van der Waals surface area contributed by atoms with Crippen LogP contribution in [0, 0.1) is 5.82 Å². The van der Waals surface area contributed by atoms with Crippen molar-refractivity contribution in [2.24, 2.45) is 0 Å². The Kier molecular flexibility index (Phi) is 10.5. The number of urea groups is 1. The monoisotopic (exact) mass is 646 g/mol. The number of amides is 4. The predicted octanol–water partition coefficient (Wildman–Crippen LogP) is 4.87. The molecule has 0 unspecified atom stereocenters. The SMILES string of the molecule is CC(C)(C)OC(=O)NC(C)(C)C(=O)N1CCN(C(=O)Nc2ccn(-c3ccc(CO[Si](C)(C)C(C)(C)C)c(F)c3)c(=O)n2)CC1. The zero-order chi connectivity index (χ0) is 34.0. The summed E-state index contributed by atoms with van der Waals surface area (Å²) in [6.07, 6.45) is 0.726. The van der Waals surface area contributed by atoms with Crippen LogP contribution in [0.2, 0.25) is 18.1 Å². The van der Waals surface area contributed by atoms with Crippen molar-refractivity contribution in [2.45, 2.75) is 91.3 Å². The standard InChI is InChI=1S/C31H47FN6O6Si/c1-29(2,3)44-28(42)35-31(7,8)25(39)36-15-17-37(18-16-36)26(40)33-24-13-14-38(27(41)34-24)22-12-11-21(23(32)19-22)20-43-45(9,10)30(4,5)6/h11-14,19H,15-18,20H2,1-10H3,(H,35,42)(H,33,34,40,41). The lowest BCUT2D eigenvalue weighted by Crippen LogP contribution is -2.60. The first-order chi connectivity index (χ1) is 20.6. The molecule has 1 aliphatic heterocycles. The van der Waals surface area contributed by atoms with Crippen molar-refractivity contribution in [2.75, 3.05) is 31.5 Å². The van der Waals surface area contributed by atoms with Crippen LogP contribution >= 0.6 is 0 Å². The fourth-order valence-electron chi connectivity index (χ4n) is 4.26. The van der Waals surface area contributed by atoms with Crippen molar-refractivity contribution in [1.82, 2.24) is 24.7 Å².